The van der Waals surface area contributed by atoms with Gasteiger partial charge in [0.05, 0.1) is 19.7 Å². The lowest BCUT2D eigenvalue weighted by atomic mass is 10.2. The number of rotatable bonds is 7. The van der Waals surface area contributed by atoms with Gasteiger partial charge in [-0.1, -0.05) is 6.07 Å². The molecule has 1 aromatic rings. The normalized spacial score (nSPS) is 19.5. The Morgan fingerprint density at radius 2 is 2.22 bits per heavy atom. The van der Waals surface area contributed by atoms with Crippen molar-refractivity contribution in [2.24, 2.45) is 0 Å². The molecule has 0 saturated carbocycles. The maximum atomic E-state index is 12.6. The summed E-state index contributed by atoms with van der Waals surface area (Å²) in [6.45, 7) is 3.19. The van der Waals surface area contributed by atoms with Gasteiger partial charge < -0.3 is 19.9 Å². The van der Waals surface area contributed by atoms with Gasteiger partial charge in [-0.25, -0.2) is 4.79 Å². The molecular weight excluding hydrogens is 346 g/mol. The molecule has 0 radical (unpaired) electrons. The standard InChI is InChI=1S/C19H25N5O3/c1-27-17-6-2-4-15(12-17)24-11-10-22(19(24)26)9-7-21-14-18(25)23-8-3-5-16(23)13-20/h2,4,6,12,16,21H,3,5,7-11,14H2,1H3/t16-/m1/s1. The first-order valence-corrected chi connectivity index (χ1v) is 9.24. The average molecular weight is 371 g/mol. The van der Waals surface area contributed by atoms with E-state index in [-0.39, 0.29) is 24.5 Å². The van der Waals surface area contributed by atoms with E-state index in [1.807, 2.05) is 24.3 Å². The number of hydrogen-bond donors (Lipinski definition) is 1. The zero-order valence-corrected chi connectivity index (χ0v) is 15.6. The molecule has 2 saturated heterocycles. The summed E-state index contributed by atoms with van der Waals surface area (Å²) in [4.78, 5) is 29.9. The summed E-state index contributed by atoms with van der Waals surface area (Å²) in [6, 6.07) is 9.29. The van der Waals surface area contributed by atoms with Gasteiger partial charge in [0.2, 0.25) is 5.91 Å². The molecule has 0 aliphatic carbocycles. The third-order valence-corrected chi connectivity index (χ3v) is 5.02. The smallest absolute Gasteiger partial charge is 0.324 e. The van der Waals surface area contributed by atoms with Gasteiger partial charge in [0, 0.05) is 44.5 Å². The van der Waals surface area contributed by atoms with Crippen molar-refractivity contribution in [1.82, 2.24) is 15.1 Å². The highest BCUT2D eigenvalue weighted by Gasteiger charge is 2.30. The zero-order chi connectivity index (χ0) is 19.2. The summed E-state index contributed by atoms with van der Waals surface area (Å²) in [5.41, 5.74) is 0.821. The molecule has 1 aromatic carbocycles. The third-order valence-electron chi connectivity index (χ3n) is 5.02. The second-order valence-electron chi connectivity index (χ2n) is 6.67. The SMILES string of the molecule is COc1cccc(N2CCN(CCNCC(=O)N3CCC[C@@H]3C#N)C2=O)c1. The minimum atomic E-state index is -0.295. The summed E-state index contributed by atoms with van der Waals surface area (Å²) in [5, 5.41) is 12.2. The first kappa shape index (κ1) is 19.0. The van der Waals surface area contributed by atoms with Gasteiger partial charge >= 0.3 is 6.03 Å². The van der Waals surface area contributed by atoms with Crippen molar-refractivity contribution in [3.63, 3.8) is 0 Å². The van der Waals surface area contributed by atoms with Gasteiger partial charge in [-0.15, -0.1) is 0 Å². The largest absolute Gasteiger partial charge is 0.497 e. The number of anilines is 1. The molecule has 0 aromatic heterocycles. The number of nitrogens with one attached hydrogen (secondary N) is 1. The van der Waals surface area contributed by atoms with Crippen LogP contribution in [0.3, 0.4) is 0 Å². The maximum absolute atomic E-state index is 12.6. The monoisotopic (exact) mass is 371 g/mol. The van der Waals surface area contributed by atoms with Gasteiger partial charge in [0.25, 0.3) is 0 Å². The number of carbonyl (C=O) groups is 2. The van der Waals surface area contributed by atoms with Crippen molar-refractivity contribution in [2.45, 2.75) is 18.9 Å². The molecule has 3 rings (SSSR count). The lowest BCUT2D eigenvalue weighted by molar-refractivity contribution is -0.130. The van der Waals surface area contributed by atoms with Crippen LogP contribution in [0.5, 0.6) is 5.75 Å². The van der Waals surface area contributed by atoms with E-state index < -0.39 is 0 Å². The Bertz CT molecular complexity index is 732. The Labute approximate surface area is 159 Å². The van der Waals surface area contributed by atoms with Crippen LogP contribution in [0, 0.1) is 11.3 Å². The van der Waals surface area contributed by atoms with Crippen molar-refractivity contribution in [2.75, 3.05) is 51.3 Å². The predicted molar refractivity (Wildman–Crippen MR) is 101 cm³/mol. The van der Waals surface area contributed by atoms with E-state index in [2.05, 4.69) is 11.4 Å². The molecule has 1 atom stereocenters. The molecule has 2 aliphatic rings. The molecule has 1 N–H and O–H groups in total. The second-order valence-corrected chi connectivity index (χ2v) is 6.67. The lowest BCUT2D eigenvalue weighted by Gasteiger charge is -2.21. The number of benzene rings is 1. The van der Waals surface area contributed by atoms with Gasteiger partial charge in [0.1, 0.15) is 11.8 Å². The summed E-state index contributed by atoms with van der Waals surface area (Å²) in [7, 11) is 1.60. The fourth-order valence-electron chi connectivity index (χ4n) is 3.52. The fourth-order valence-corrected chi connectivity index (χ4v) is 3.52. The molecule has 0 bridgehead atoms. The zero-order valence-electron chi connectivity index (χ0n) is 15.6. The Hall–Kier alpha value is -2.79. The fraction of sp³-hybridized carbons (Fsp3) is 0.526. The van der Waals surface area contributed by atoms with Crippen molar-refractivity contribution in [3.8, 4) is 11.8 Å². The van der Waals surface area contributed by atoms with E-state index in [1.165, 1.54) is 0 Å². The first-order chi connectivity index (χ1) is 13.1. The summed E-state index contributed by atoms with van der Waals surface area (Å²) >= 11 is 0. The van der Waals surface area contributed by atoms with Crippen LogP contribution in [0.4, 0.5) is 10.5 Å². The van der Waals surface area contributed by atoms with Gasteiger partial charge in [-0.05, 0) is 25.0 Å². The number of nitriles is 1. The van der Waals surface area contributed by atoms with Crippen LogP contribution < -0.4 is 15.0 Å². The lowest BCUT2D eigenvalue weighted by Crippen LogP contribution is -2.43. The Morgan fingerprint density at radius 1 is 1.37 bits per heavy atom. The number of hydrogen-bond acceptors (Lipinski definition) is 5. The Kier molecular flexibility index (Phi) is 6.14. The van der Waals surface area contributed by atoms with Crippen LogP contribution >= 0.6 is 0 Å². The molecule has 8 nitrogen and oxygen atoms in total. The molecule has 2 fully saturated rings. The molecular formula is C19H25N5O3. The van der Waals surface area contributed by atoms with E-state index in [0.29, 0.717) is 32.7 Å². The highest BCUT2D eigenvalue weighted by Crippen LogP contribution is 2.24. The molecule has 0 spiro atoms. The molecule has 3 amide bonds. The maximum Gasteiger partial charge on any atom is 0.324 e. The summed E-state index contributed by atoms with van der Waals surface area (Å²) in [5.74, 6) is 0.668. The number of urea groups is 1. The van der Waals surface area contributed by atoms with Crippen LogP contribution in [0.1, 0.15) is 12.8 Å². The van der Waals surface area contributed by atoms with Crippen molar-refractivity contribution in [3.05, 3.63) is 24.3 Å². The topological polar surface area (TPSA) is 88.9 Å². The third kappa shape index (κ3) is 4.31. The predicted octanol–water partition coefficient (Wildman–Crippen LogP) is 1.04. The highest BCUT2D eigenvalue weighted by molar-refractivity contribution is 5.94. The molecule has 2 heterocycles. The Balaban J connectivity index is 1.43. The molecule has 2 aliphatic heterocycles. The highest BCUT2D eigenvalue weighted by atomic mass is 16.5. The van der Waals surface area contributed by atoms with E-state index in [4.69, 9.17) is 10.00 Å². The van der Waals surface area contributed by atoms with Crippen LogP contribution in [0.15, 0.2) is 24.3 Å². The second kappa shape index (κ2) is 8.73. The summed E-state index contributed by atoms with van der Waals surface area (Å²) < 4.78 is 5.22. The van der Waals surface area contributed by atoms with Crippen LogP contribution in [0.2, 0.25) is 0 Å². The number of methoxy groups -OCH3 is 1. The minimum absolute atomic E-state index is 0.0412. The number of ether oxygens (including phenoxy) is 1. The van der Waals surface area contributed by atoms with Crippen molar-refractivity contribution >= 4 is 17.6 Å². The van der Waals surface area contributed by atoms with E-state index in [0.717, 1.165) is 24.3 Å². The van der Waals surface area contributed by atoms with Gasteiger partial charge in [-0.3, -0.25) is 9.69 Å². The van der Waals surface area contributed by atoms with Gasteiger partial charge in [0.15, 0.2) is 0 Å². The molecule has 144 valence electrons. The molecule has 27 heavy (non-hydrogen) atoms. The van der Waals surface area contributed by atoms with E-state index >= 15 is 0 Å². The van der Waals surface area contributed by atoms with Crippen LogP contribution in [-0.2, 0) is 4.79 Å². The molecule has 8 heteroatoms. The van der Waals surface area contributed by atoms with Gasteiger partial charge in [-0.2, -0.15) is 5.26 Å². The van der Waals surface area contributed by atoms with E-state index in [9.17, 15) is 9.59 Å². The quantitative estimate of drug-likeness (QED) is 0.724. The summed E-state index contributed by atoms with van der Waals surface area (Å²) in [6.07, 6.45) is 1.64. The number of nitrogens with zero attached hydrogens (tertiary/aromatic N) is 4. The van der Waals surface area contributed by atoms with Crippen molar-refractivity contribution < 1.29 is 14.3 Å². The average Bonchev–Trinajstić information content (AvgIpc) is 3.32. The number of amides is 3. The van der Waals surface area contributed by atoms with Crippen molar-refractivity contribution in [1.29, 1.82) is 5.26 Å². The number of likely N-dealkylation sites (tertiary alicyclic amines) is 1. The number of carbonyl (C=O) groups excluding carboxylic acids is 2. The minimum Gasteiger partial charge on any atom is -0.497 e. The van der Waals surface area contributed by atoms with E-state index in [1.54, 1.807) is 21.8 Å². The Morgan fingerprint density at radius 3 is 3.00 bits per heavy atom. The molecule has 0 unspecified atom stereocenters. The first-order valence-electron chi connectivity index (χ1n) is 9.24. The van der Waals surface area contributed by atoms with Crippen LogP contribution in [0.25, 0.3) is 0 Å². The van der Waals surface area contributed by atoms with Crippen LogP contribution in [-0.4, -0.2) is 74.2 Å².